The molecule has 2 rings (SSSR count). The minimum absolute atomic E-state index is 0.322. The van der Waals surface area contributed by atoms with Crippen LogP contribution in [0.1, 0.15) is 17.2 Å². The first-order chi connectivity index (χ1) is 6.38. The van der Waals surface area contributed by atoms with E-state index in [1.54, 1.807) is 0 Å². The molecule has 0 bridgehead atoms. The van der Waals surface area contributed by atoms with E-state index in [1.165, 1.54) is 11.1 Å². The minimum Gasteiger partial charge on any atom is -0.378 e. The molecular weight excluding hydrogens is 164 g/mol. The Morgan fingerprint density at radius 1 is 1.62 bits per heavy atom. The summed E-state index contributed by atoms with van der Waals surface area (Å²) in [6.45, 7) is 4.61. The van der Waals surface area contributed by atoms with Crippen molar-refractivity contribution in [3.8, 4) is 0 Å². The first kappa shape index (κ1) is 8.66. The Kier molecular flexibility index (Phi) is 2.57. The van der Waals surface area contributed by atoms with Gasteiger partial charge >= 0.3 is 0 Å². The molecule has 1 fully saturated rings. The molecule has 0 saturated carbocycles. The predicted molar refractivity (Wildman–Crippen MR) is 50.5 cm³/mol. The molecule has 70 valence electrons. The lowest BCUT2D eigenvalue weighted by molar-refractivity contribution is 0.0766. The zero-order chi connectivity index (χ0) is 9.10. The van der Waals surface area contributed by atoms with Crippen molar-refractivity contribution in [3.63, 3.8) is 0 Å². The minimum atomic E-state index is 0.322. The number of pyridine rings is 1. The second kappa shape index (κ2) is 3.85. The molecule has 0 spiro atoms. The number of nitrogens with zero attached hydrogens (tertiary/aromatic N) is 1. The van der Waals surface area contributed by atoms with Crippen LogP contribution in [0.4, 0.5) is 0 Å². The van der Waals surface area contributed by atoms with E-state index in [0.29, 0.717) is 6.04 Å². The Labute approximate surface area is 78.1 Å². The van der Waals surface area contributed by atoms with Gasteiger partial charge in [-0.25, -0.2) is 0 Å². The van der Waals surface area contributed by atoms with Gasteiger partial charge in [-0.1, -0.05) is 0 Å². The van der Waals surface area contributed by atoms with Crippen LogP contribution in [0.3, 0.4) is 0 Å². The average Bonchev–Trinajstić information content (AvgIpc) is 2.20. The van der Waals surface area contributed by atoms with Crippen LogP contribution in [0.25, 0.3) is 0 Å². The van der Waals surface area contributed by atoms with Crippen molar-refractivity contribution in [2.75, 3.05) is 19.8 Å². The molecule has 0 unspecified atom stereocenters. The van der Waals surface area contributed by atoms with E-state index in [-0.39, 0.29) is 0 Å². The van der Waals surface area contributed by atoms with Gasteiger partial charge in [0, 0.05) is 18.9 Å². The number of morpholine rings is 1. The standard InChI is InChI=1S/C10H14N2O/c1-8-2-3-11-6-9(8)10-7-13-5-4-12-10/h2-3,6,10,12H,4-5,7H2,1H3/t10-/m0/s1. The van der Waals surface area contributed by atoms with Gasteiger partial charge in [0.1, 0.15) is 0 Å². The molecule has 0 aliphatic carbocycles. The van der Waals surface area contributed by atoms with Gasteiger partial charge in [0.15, 0.2) is 0 Å². The highest BCUT2D eigenvalue weighted by Gasteiger charge is 2.16. The Morgan fingerprint density at radius 2 is 2.54 bits per heavy atom. The monoisotopic (exact) mass is 178 g/mol. The smallest absolute Gasteiger partial charge is 0.0662 e. The van der Waals surface area contributed by atoms with Gasteiger partial charge in [0.05, 0.1) is 19.3 Å². The molecule has 3 heteroatoms. The quantitative estimate of drug-likeness (QED) is 0.698. The second-order valence-corrected chi connectivity index (χ2v) is 3.31. The van der Waals surface area contributed by atoms with Gasteiger partial charge in [-0.05, 0) is 24.1 Å². The van der Waals surface area contributed by atoms with Crippen LogP contribution in [0.5, 0.6) is 0 Å². The molecule has 1 aromatic heterocycles. The Morgan fingerprint density at radius 3 is 3.23 bits per heavy atom. The van der Waals surface area contributed by atoms with Crippen molar-refractivity contribution in [1.82, 2.24) is 10.3 Å². The summed E-state index contributed by atoms with van der Waals surface area (Å²) in [6, 6.07) is 2.36. The highest BCUT2D eigenvalue weighted by Crippen LogP contribution is 2.17. The van der Waals surface area contributed by atoms with Crippen molar-refractivity contribution in [3.05, 3.63) is 29.6 Å². The number of hydrogen-bond acceptors (Lipinski definition) is 3. The molecule has 1 atom stereocenters. The van der Waals surface area contributed by atoms with E-state index in [1.807, 2.05) is 18.5 Å². The molecule has 0 amide bonds. The summed E-state index contributed by atoms with van der Waals surface area (Å²) in [7, 11) is 0. The van der Waals surface area contributed by atoms with Gasteiger partial charge in [-0.2, -0.15) is 0 Å². The van der Waals surface area contributed by atoms with Gasteiger partial charge in [-0.15, -0.1) is 0 Å². The molecule has 0 aromatic carbocycles. The van der Waals surface area contributed by atoms with Crippen LogP contribution >= 0.6 is 0 Å². The highest BCUT2D eigenvalue weighted by molar-refractivity contribution is 5.25. The molecule has 2 heterocycles. The van der Waals surface area contributed by atoms with Crippen molar-refractivity contribution < 1.29 is 4.74 Å². The van der Waals surface area contributed by atoms with Gasteiger partial charge in [0.25, 0.3) is 0 Å². The number of aryl methyl sites for hydroxylation is 1. The zero-order valence-electron chi connectivity index (χ0n) is 7.79. The maximum atomic E-state index is 5.40. The van der Waals surface area contributed by atoms with Crippen LogP contribution in [0.2, 0.25) is 0 Å². The molecule has 1 aliphatic rings. The van der Waals surface area contributed by atoms with E-state index >= 15 is 0 Å². The molecule has 1 aliphatic heterocycles. The molecule has 1 N–H and O–H groups in total. The van der Waals surface area contributed by atoms with E-state index in [2.05, 4.69) is 17.2 Å². The normalized spacial score (nSPS) is 23.0. The van der Waals surface area contributed by atoms with Crippen molar-refractivity contribution in [2.45, 2.75) is 13.0 Å². The summed E-state index contributed by atoms with van der Waals surface area (Å²) in [5.41, 5.74) is 2.53. The highest BCUT2D eigenvalue weighted by atomic mass is 16.5. The maximum Gasteiger partial charge on any atom is 0.0662 e. The second-order valence-electron chi connectivity index (χ2n) is 3.31. The number of ether oxygens (including phenoxy) is 1. The fraction of sp³-hybridized carbons (Fsp3) is 0.500. The molecule has 13 heavy (non-hydrogen) atoms. The third-order valence-corrected chi connectivity index (χ3v) is 2.38. The molecule has 3 nitrogen and oxygen atoms in total. The number of nitrogens with one attached hydrogen (secondary N) is 1. The molecular formula is C10H14N2O. The average molecular weight is 178 g/mol. The zero-order valence-corrected chi connectivity index (χ0v) is 7.79. The summed E-state index contributed by atoms with van der Waals surface area (Å²) in [5.74, 6) is 0. The summed E-state index contributed by atoms with van der Waals surface area (Å²) in [5, 5.41) is 3.41. The van der Waals surface area contributed by atoms with Crippen LogP contribution in [-0.2, 0) is 4.74 Å². The third kappa shape index (κ3) is 1.87. The Hall–Kier alpha value is -0.930. The summed E-state index contributed by atoms with van der Waals surface area (Å²) in [4.78, 5) is 4.13. The van der Waals surface area contributed by atoms with Crippen LogP contribution < -0.4 is 5.32 Å². The van der Waals surface area contributed by atoms with Crippen LogP contribution in [0, 0.1) is 6.92 Å². The topological polar surface area (TPSA) is 34.1 Å². The Balaban J connectivity index is 2.18. The SMILES string of the molecule is Cc1ccncc1[C@@H]1COCCN1. The summed E-state index contributed by atoms with van der Waals surface area (Å²) < 4.78 is 5.40. The lowest BCUT2D eigenvalue weighted by Crippen LogP contribution is -2.34. The van der Waals surface area contributed by atoms with E-state index < -0.39 is 0 Å². The fourth-order valence-corrected chi connectivity index (χ4v) is 1.61. The lowest BCUT2D eigenvalue weighted by Gasteiger charge is -2.24. The van der Waals surface area contributed by atoms with Gasteiger partial charge in [-0.3, -0.25) is 4.98 Å². The number of aromatic nitrogens is 1. The van der Waals surface area contributed by atoms with E-state index in [4.69, 9.17) is 4.74 Å². The first-order valence-corrected chi connectivity index (χ1v) is 4.59. The van der Waals surface area contributed by atoms with E-state index in [9.17, 15) is 0 Å². The summed E-state index contributed by atoms with van der Waals surface area (Å²) >= 11 is 0. The van der Waals surface area contributed by atoms with Gasteiger partial charge in [0.2, 0.25) is 0 Å². The first-order valence-electron chi connectivity index (χ1n) is 4.59. The largest absolute Gasteiger partial charge is 0.378 e. The number of hydrogen-bond donors (Lipinski definition) is 1. The van der Waals surface area contributed by atoms with Crippen molar-refractivity contribution in [1.29, 1.82) is 0 Å². The lowest BCUT2D eigenvalue weighted by atomic mass is 10.0. The molecule has 1 saturated heterocycles. The number of rotatable bonds is 1. The van der Waals surface area contributed by atoms with Crippen molar-refractivity contribution in [2.24, 2.45) is 0 Å². The summed E-state index contributed by atoms with van der Waals surface area (Å²) in [6.07, 6.45) is 3.74. The third-order valence-electron chi connectivity index (χ3n) is 2.38. The van der Waals surface area contributed by atoms with Crippen LogP contribution in [-0.4, -0.2) is 24.7 Å². The Bertz CT molecular complexity index is 282. The van der Waals surface area contributed by atoms with E-state index in [0.717, 1.165) is 19.8 Å². The fourth-order valence-electron chi connectivity index (χ4n) is 1.61. The van der Waals surface area contributed by atoms with Crippen LogP contribution in [0.15, 0.2) is 18.5 Å². The predicted octanol–water partition coefficient (Wildman–Crippen LogP) is 1.05. The molecule has 0 radical (unpaired) electrons. The maximum absolute atomic E-state index is 5.40. The molecule has 1 aromatic rings. The van der Waals surface area contributed by atoms with Gasteiger partial charge < -0.3 is 10.1 Å². The van der Waals surface area contributed by atoms with Crippen molar-refractivity contribution >= 4 is 0 Å².